The third kappa shape index (κ3) is 2.42. The van der Waals surface area contributed by atoms with E-state index in [2.05, 4.69) is 11.2 Å². The fourth-order valence-corrected chi connectivity index (χ4v) is 1.96. The van der Waals surface area contributed by atoms with E-state index in [4.69, 9.17) is 6.42 Å². The number of nitrogens with one attached hydrogen (secondary N) is 1. The summed E-state index contributed by atoms with van der Waals surface area (Å²) in [4.78, 5) is 24.1. The molecule has 1 heterocycles. The Morgan fingerprint density at radius 3 is 3.00 bits per heavy atom. The van der Waals surface area contributed by atoms with Gasteiger partial charge in [-0.2, -0.15) is 0 Å². The maximum atomic E-state index is 11.7. The number of likely N-dealkylation sites (N-methyl/N-ethyl adjacent to an activating group) is 1. The van der Waals surface area contributed by atoms with Gasteiger partial charge in [0, 0.05) is 12.3 Å². The molecule has 0 aromatic rings. The Bertz CT molecular complexity index is 285. The van der Waals surface area contributed by atoms with Gasteiger partial charge < -0.3 is 10.2 Å². The van der Waals surface area contributed by atoms with Crippen molar-refractivity contribution in [1.29, 1.82) is 0 Å². The maximum absolute atomic E-state index is 11.7. The Hall–Kier alpha value is -1.15. The molecule has 0 aromatic heterocycles. The molecule has 1 rings (SSSR count). The van der Waals surface area contributed by atoms with Gasteiger partial charge in [-0.3, -0.25) is 9.59 Å². The van der Waals surface area contributed by atoms with Gasteiger partial charge in [-0.05, 0) is 6.92 Å². The first-order chi connectivity index (χ1) is 6.69. The second kappa shape index (κ2) is 4.91. The number of rotatable bonds is 3. The van der Waals surface area contributed by atoms with Crippen molar-refractivity contribution in [2.24, 2.45) is 0 Å². The van der Waals surface area contributed by atoms with Crippen LogP contribution in [0.5, 0.6) is 0 Å². The van der Waals surface area contributed by atoms with Crippen molar-refractivity contribution in [3.8, 4) is 12.3 Å². The quantitative estimate of drug-likeness (QED) is 0.684. The Morgan fingerprint density at radius 1 is 1.86 bits per heavy atom. The molecule has 2 amide bonds. The topological polar surface area (TPSA) is 49.4 Å². The molecule has 14 heavy (non-hydrogen) atoms. The van der Waals surface area contributed by atoms with Gasteiger partial charge in [-0.15, -0.1) is 6.42 Å². The van der Waals surface area contributed by atoms with E-state index in [1.807, 2.05) is 6.92 Å². The van der Waals surface area contributed by atoms with E-state index in [-0.39, 0.29) is 11.1 Å². The van der Waals surface area contributed by atoms with Crippen LogP contribution in [0.2, 0.25) is 0 Å². The molecule has 0 bridgehead atoms. The van der Waals surface area contributed by atoms with E-state index >= 15 is 0 Å². The summed E-state index contributed by atoms with van der Waals surface area (Å²) in [5, 5.41) is 2.45. The zero-order valence-corrected chi connectivity index (χ0v) is 8.76. The molecular formula is C9H12N2O2S. The van der Waals surface area contributed by atoms with Gasteiger partial charge in [0.25, 0.3) is 5.24 Å². The number of hydrogen-bond acceptors (Lipinski definition) is 3. The molecule has 0 aliphatic carbocycles. The Morgan fingerprint density at radius 2 is 2.57 bits per heavy atom. The largest absolute Gasteiger partial charge is 0.334 e. The third-order valence-electron chi connectivity index (χ3n) is 1.95. The maximum Gasteiger partial charge on any atom is 0.279 e. The summed E-state index contributed by atoms with van der Waals surface area (Å²) >= 11 is 1.13. The summed E-state index contributed by atoms with van der Waals surface area (Å²) in [6, 6.07) is -0.402. The number of terminal acetylenes is 1. The smallest absolute Gasteiger partial charge is 0.279 e. The number of carbonyl (C=O) groups is 2. The Kier molecular flexibility index (Phi) is 3.84. The minimum Gasteiger partial charge on any atom is -0.334 e. The molecule has 4 nitrogen and oxygen atoms in total. The van der Waals surface area contributed by atoms with Crippen LogP contribution >= 0.6 is 11.8 Å². The highest BCUT2D eigenvalue weighted by Crippen LogP contribution is 2.14. The summed E-state index contributed by atoms with van der Waals surface area (Å²) in [5.74, 6) is 2.82. The highest BCUT2D eigenvalue weighted by atomic mass is 32.2. The zero-order chi connectivity index (χ0) is 10.6. The van der Waals surface area contributed by atoms with Crippen LogP contribution in [-0.2, 0) is 4.79 Å². The first kappa shape index (κ1) is 10.9. The normalized spacial score (nSPS) is 20.0. The highest BCUT2D eigenvalue weighted by molar-refractivity contribution is 8.14. The Balaban J connectivity index is 2.55. The Labute approximate surface area is 87.4 Å². The fraction of sp³-hybridized carbons (Fsp3) is 0.556. The minimum absolute atomic E-state index is 0.0937. The second-order valence-corrected chi connectivity index (χ2v) is 3.84. The standard InChI is InChI=1S/C9H12N2O2S/c1-3-5-11(4-2)8(12)7-6-14-9(13)10-7/h1,7H,4-6H2,2H3,(H,10,13). The van der Waals surface area contributed by atoms with Crippen molar-refractivity contribution in [2.75, 3.05) is 18.8 Å². The van der Waals surface area contributed by atoms with Gasteiger partial charge in [-0.25, -0.2) is 0 Å². The van der Waals surface area contributed by atoms with Crippen molar-refractivity contribution in [3.05, 3.63) is 0 Å². The molecule has 1 atom stereocenters. The molecule has 1 aliphatic rings. The lowest BCUT2D eigenvalue weighted by Crippen LogP contribution is -2.45. The highest BCUT2D eigenvalue weighted by Gasteiger charge is 2.30. The average molecular weight is 212 g/mol. The van der Waals surface area contributed by atoms with Crippen LogP contribution in [0, 0.1) is 12.3 Å². The summed E-state index contributed by atoms with van der Waals surface area (Å²) in [5.41, 5.74) is 0. The van der Waals surface area contributed by atoms with Crippen molar-refractivity contribution >= 4 is 22.9 Å². The van der Waals surface area contributed by atoms with Crippen LogP contribution < -0.4 is 5.32 Å². The lowest BCUT2D eigenvalue weighted by Gasteiger charge is -2.21. The minimum atomic E-state index is -0.402. The first-order valence-electron chi connectivity index (χ1n) is 4.34. The lowest BCUT2D eigenvalue weighted by atomic mass is 10.3. The number of carbonyl (C=O) groups excluding carboxylic acids is 2. The number of hydrogen-bond donors (Lipinski definition) is 1. The summed E-state index contributed by atoms with van der Waals surface area (Å²) in [6.45, 7) is 2.73. The van der Waals surface area contributed by atoms with Gasteiger partial charge in [0.05, 0.1) is 6.54 Å². The molecule has 1 fully saturated rings. The van der Waals surface area contributed by atoms with Crippen LogP contribution in [-0.4, -0.2) is 40.9 Å². The van der Waals surface area contributed by atoms with Crippen molar-refractivity contribution in [2.45, 2.75) is 13.0 Å². The molecule has 1 saturated heterocycles. The van der Waals surface area contributed by atoms with Gasteiger partial charge in [0.15, 0.2) is 0 Å². The van der Waals surface area contributed by atoms with E-state index in [0.29, 0.717) is 18.8 Å². The molecule has 0 saturated carbocycles. The van der Waals surface area contributed by atoms with Crippen molar-refractivity contribution in [3.63, 3.8) is 0 Å². The first-order valence-corrected chi connectivity index (χ1v) is 5.33. The predicted octanol–water partition coefficient (Wildman–Crippen LogP) is 0.293. The molecule has 5 heteroatoms. The molecule has 1 unspecified atom stereocenters. The van der Waals surface area contributed by atoms with E-state index in [9.17, 15) is 9.59 Å². The molecule has 1 aliphatic heterocycles. The summed E-state index contributed by atoms with van der Waals surface area (Å²) in [6.07, 6.45) is 5.13. The second-order valence-electron chi connectivity index (χ2n) is 2.85. The van der Waals surface area contributed by atoms with Crippen LogP contribution in [0.15, 0.2) is 0 Å². The number of amides is 2. The molecule has 1 N–H and O–H groups in total. The van der Waals surface area contributed by atoms with Gasteiger partial charge in [-0.1, -0.05) is 17.7 Å². The molecule has 0 radical (unpaired) electrons. The molecular weight excluding hydrogens is 200 g/mol. The van der Waals surface area contributed by atoms with Crippen LogP contribution in [0.25, 0.3) is 0 Å². The van der Waals surface area contributed by atoms with Crippen LogP contribution in [0.4, 0.5) is 4.79 Å². The van der Waals surface area contributed by atoms with Crippen molar-refractivity contribution in [1.82, 2.24) is 10.2 Å². The van der Waals surface area contributed by atoms with E-state index < -0.39 is 6.04 Å². The van der Waals surface area contributed by atoms with Gasteiger partial charge in [0.1, 0.15) is 6.04 Å². The summed E-state index contributed by atoms with van der Waals surface area (Å²) in [7, 11) is 0. The third-order valence-corrected chi connectivity index (χ3v) is 2.83. The van der Waals surface area contributed by atoms with Gasteiger partial charge in [0.2, 0.25) is 5.91 Å². The van der Waals surface area contributed by atoms with Crippen molar-refractivity contribution < 1.29 is 9.59 Å². The number of thioether (sulfide) groups is 1. The SMILES string of the molecule is C#CCN(CC)C(=O)C1CSC(=O)N1. The predicted molar refractivity (Wildman–Crippen MR) is 55.9 cm³/mol. The monoisotopic (exact) mass is 212 g/mol. The number of nitrogens with zero attached hydrogens (tertiary/aromatic N) is 1. The van der Waals surface area contributed by atoms with Gasteiger partial charge >= 0.3 is 0 Å². The van der Waals surface area contributed by atoms with Crippen LogP contribution in [0.3, 0.4) is 0 Å². The fourth-order valence-electron chi connectivity index (χ4n) is 1.19. The van der Waals surface area contributed by atoms with Crippen LogP contribution in [0.1, 0.15) is 6.92 Å². The zero-order valence-electron chi connectivity index (χ0n) is 7.95. The van der Waals surface area contributed by atoms with E-state index in [1.165, 1.54) is 0 Å². The van der Waals surface area contributed by atoms with E-state index in [1.54, 1.807) is 4.90 Å². The average Bonchev–Trinajstić information content (AvgIpc) is 2.60. The molecule has 0 aromatic carbocycles. The molecule has 76 valence electrons. The lowest BCUT2D eigenvalue weighted by molar-refractivity contribution is -0.131. The molecule has 0 spiro atoms. The summed E-state index contributed by atoms with van der Waals surface area (Å²) < 4.78 is 0. The van der Waals surface area contributed by atoms with E-state index in [0.717, 1.165) is 11.8 Å².